The average Bonchev–Trinajstić information content (AvgIpc) is 2.73. The van der Waals surface area contributed by atoms with E-state index < -0.39 is 0 Å². The summed E-state index contributed by atoms with van der Waals surface area (Å²) < 4.78 is 0. The first-order valence-corrected chi connectivity index (χ1v) is 9.96. The van der Waals surface area contributed by atoms with Gasteiger partial charge in [0, 0.05) is 55.2 Å². The molecule has 1 saturated heterocycles. The lowest BCUT2D eigenvalue weighted by molar-refractivity contribution is 0.249. The van der Waals surface area contributed by atoms with Crippen molar-refractivity contribution in [3.8, 4) is 11.5 Å². The number of pyridine rings is 1. The Morgan fingerprint density at radius 1 is 0.929 bits per heavy atom. The molecule has 0 saturated carbocycles. The fourth-order valence-electron chi connectivity index (χ4n) is 3.50. The molecule has 3 aromatic rings. The van der Waals surface area contributed by atoms with E-state index in [1.165, 1.54) is 5.56 Å². The molecule has 0 aliphatic carbocycles. The van der Waals surface area contributed by atoms with Crippen molar-refractivity contribution in [1.29, 1.82) is 0 Å². The third kappa shape index (κ3) is 4.16. The minimum absolute atomic E-state index is 0.697. The molecule has 0 unspecified atom stereocenters. The van der Waals surface area contributed by atoms with Crippen LogP contribution in [-0.2, 0) is 6.54 Å². The summed E-state index contributed by atoms with van der Waals surface area (Å²) in [5.74, 6) is 1.72. The van der Waals surface area contributed by atoms with Crippen LogP contribution >= 0.6 is 11.6 Å². The lowest BCUT2D eigenvalue weighted by atomic mass is 10.1. The highest BCUT2D eigenvalue weighted by atomic mass is 35.5. The smallest absolute Gasteiger partial charge is 0.180 e. The number of benzene rings is 1. The third-order valence-electron chi connectivity index (χ3n) is 5.25. The predicted molar refractivity (Wildman–Crippen MR) is 114 cm³/mol. The lowest BCUT2D eigenvalue weighted by Crippen LogP contribution is -2.46. The van der Waals surface area contributed by atoms with Gasteiger partial charge in [-0.2, -0.15) is 0 Å². The topological polar surface area (TPSA) is 45.2 Å². The van der Waals surface area contributed by atoms with Crippen molar-refractivity contribution < 1.29 is 0 Å². The summed E-state index contributed by atoms with van der Waals surface area (Å²) in [6.45, 7) is 9.01. The van der Waals surface area contributed by atoms with Gasteiger partial charge in [-0.05, 0) is 43.7 Å². The number of hydrogen-bond donors (Lipinski definition) is 0. The van der Waals surface area contributed by atoms with Gasteiger partial charge in [-0.1, -0.05) is 29.8 Å². The second-order valence-corrected chi connectivity index (χ2v) is 7.62. The number of piperazine rings is 1. The van der Waals surface area contributed by atoms with Crippen LogP contribution in [0.4, 0.5) is 5.82 Å². The largest absolute Gasteiger partial charge is 0.354 e. The minimum Gasteiger partial charge on any atom is -0.354 e. The molecule has 4 rings (SSSR count). The molecule has 2 aromatic heterocycles. The maximum absolute atomic E-state index is 5.99. The average molecular weight is 394 g/mol. The van der Waals surface area contributed by atoms with Gasteiger partial charge in [0.2, 0.25) is 0 Å². The third-order valence-corrected chi connectivity index (χ3v) is 5.50. The van der Waals surface area contributed by atoms with Crippen molar-refractivity contribution in [2.24, 2.45) is 0 Å². The van der Waals surface area contributed by atoms with E-state index in [1.54, 1.807) is 6.20 Å². The molecule has 144 valence electrons. The van der Waals surface area contributed by atoms with E-state index in [2.05, 4.69) is 38.8 Å². The van der Waals surface area contributed by atoms with Crippen molar-refractivity contribution in [2.75, 3.05) is 31.1 Å². The maximum atomic E-state index is 5.99. The summed E-state index contributed by atoms with van der Waals surface area (Å²) in [6, 6.07) is 14.0. The first kappa shape index (κ1) is 18.8. The summed E-state index contributed by atoms with van der Waals surface area (Å²) in [4.78, 5) is 18.8. The van der Waals surface area contributed by atoms with E-state index >= 15 is 0 Å². The van der Waals surface area contributed by atoms with Gasteiger partial charge in [0.1, 0.15) is 11.5 Å². The molecule has 6 heteroatoms. The van der Waals surface area contributed by atoms with Crippen LogP contribution in [0.3, 0.4) is 0 Å². The molecule has 1 aliphatic rings. The van der Waals surface area contributed by atoms with Crippen LogP contribution in [0, 0.1) is 13.8 Å². The number of halogens is 1. The van der Waals surface area contributed by atoms with Gasteiger partial charge < -0.3 is 4.90 Å². The van der Waals surface area contributed by atoms with Crippen LogP contribution in [0.1, 0.15) is 16.8 Å². The molecule has 0 N–H and O–H groups in total. The van der Waals surface area contributed by atoms with Gasteiger partial charge in [-0.15, -0.1) is 0 Å². The molecular weight excluding hydrogens is 370 g/mol. The second kappa shape index (κ2) is 8.25. The second-order valence-electron chi connectivity index (χ2n) is 7.19. The van der Waals surface area contributed by atoms with Crippen LogP contribution in [0.5, 0.6) is 0 Å². The molecule has 1 aliphatic heterocycles. The van der Waals surface area contributed by atoms with E-state index in [4.69, 9.17) is 16.6 Å². The van der Waals surface area contributed by atoms with Gasteiger partial charge in [-0.25, -0.2) is 9.97 Å². The predicted octanol–water partition coefficient (Wildman–Crippen LogP) is 4.13. The van der Waals surface area contributed by atoms with E-state index in [-0.39, 0.29) is 0 Å². The van der Waals surface area contributed by atoms with Crippen LogP contribution in [0.2, 0.25) is 5.02 Å². The molecule has 1 fully saturated rings. The lowest BCUT2D eigenvalue weighted by Gasteiger charge is -2.36. The number of hydrogen-bond acceptors (Lipinski definition) is 5. The number of anilines is 1. The van der Waals surface area contributed by atoms with Crippen molar-refractivity contribution in [3.05, 3.63) is 70.5 Å². The summed E-state index contributed by atoms with van der Waals surface area (Å²) in [7, 11) is 0. The fraction of sp³-hybridized carbons (Fsp3) is 0.318. The van der Waals surface area contributed by atoms with E-state index in [9.17, 15) is 0 Å². The number of aryl methyl sites for hydroxylation is 1. The summed E-state index contributed by atoms with van der Waals surface area (Å²) in [5.41, 5.74) is 4.26. The van der Waals surface area contributed by atoms with Gasteiger partial charge >= 0.3 is 0 Å². The van der Waals surface area contributed by atoms with Gasteiger partial charge in [0.05, 0.1) is 0 Å². The van der Waals surface area contributed by atoms with Crippen LogP contribution in [-0.4, -0.2) is 46.0 Å². The van der Waals surface area contributed by atoms with Crippen molar-refractivity contribution in [2.45, 2.75) is 20.4 Å². The first-order valence-electron chi connectivity index (χ1n) is 9.58. The Kier molecular flexibility index (Phi) is 5.55. The van der Waals surface area contributed by atoms with Gasteiger partial charge in [0.25, 0.3) is 0 Å². The number of rotatable bonds is 4. The van der Waals surface area contributed by atoms with Gasteiger partial charge in [0.15, 0.2) is 5.82 Å². The maximum Gasteiger partial charge on any atom is 0.180 e. The molecule has 0 amide bonds. The Bertz CT molecular complexity index is 935. The molecule has 0 bridgehead atoms. The quantitative estimate of drug-likeness (QED) is 0.666. The zero-order valence-corrected chi connectivity index (χ0v) is 17.0. The molecule has 0 radical (unpaired) electrons. The Morgan fingerprint density at radius 3 is 2.36 bits per heavy atom. The molecule has 0 spiro atoms. The van der Waals surface area contributed by atoms with Crippen molar-refractivity contribution in [3.63, 3.8) is 0 Å². The Labute approximate surface area is 171 Å². The molecule has 5 nitrogen and oxygen atoms in total. The molecule has 3 heterocycles. The van der Waals surface area contributed by atoms with E-state index in [0.29, 0.717) is 5.82 Å². The first-order chi connectivity index (χ1) is 13.6. The number of nitrogens with zero attached hydrogens (tertiary/aromatic N) is 5. The summed E-state index contributed by atoms with van der Waals surface area (Å²) in [5, 5.41) is 0.784. The van der Waals surface area contributed by atoms with E-state index in [0.717, 1.165) is 60.5 Å². The highest BCUT2D eigenvalue weighted by Gasteiger charge is 2.21. The highest BCUT2D eigenvalue weighted by molar-refractivity contribution is 6.30. The molecule has 0 atom stereocenters. The van der Waals surface area contributed by atoms with E-state index in [1.807, 2.05) is 37.3 Å². The number of aromatic nitrogens is 3. The Balaban J connectivity index is 1.48. The Hall–Kier alpha value is -2.50. The van der Waals surface area contributed by atoms with Crippen molar-refractivity contribution >= 4 is 17.4 Å². The zero-order valence-electron chi connectivity index (χ0n) is 16.3. The summed E-state index contributed by atoms with van der Waals surface area (Å²) >= 11 is 5.99. The summed E-state index contributed by atoms with van der Waals surface area (Å²) in [6.07, 6.45) is 1.78. The van der Waals surface area contributed by atoms with Crippen LogP contribution in [0.25, 0.3) is 11.5 Å². The molecule has 28 heavy (non-hydrogen) atoms. The normalized spacial score (nSPS) is 15.0. The minimum atomic E-state index is 0.697. The van der Waals surface area contributed by atoms with Gasteiger partial charge in [-0.3, -0.25) is 9.88 Å². The van der Waals surface area contributed by atoms with Crippen LogP contribution in [0.15, 0.2) is 48.7 Å². The highest BCUT2D eigenvalue weighted by Crippen LogP contribution is 2.25. The monoisotopic (exact) mass is 393 g/mol. The molecular formula is C22H24ClN5. The van der Waals surface area contributed by atoms with Crippen molar-refractivity contribution in [1.82, 2.24) is 19.9 Å². The SMILES string of the molecule is Cc1nc(-c2ccccn2)nc(N2CCN(Cc3ccc(Cl)cc3)CC2)c1C. The van der Waals surface area contributed by atoms with Crippen LogP contribution < -0.4 is 4.90 Å². The Morgan fingerprint density at radius 2 is 1.68 bits per heavy atom. The standard InChI is InChI=1S/C22H24ClN5/c1-16-17(2)25-21(20-5-3-4-10-24-20)26-22(16)28-13-11-27(12-14-28)15-18-6-8-19(23)9-7-18/h3-10H,11-15H2,1-2H3. The zero-order chi connectivity index (χ0) is 19.5. The fourth-order valence-corrected chi connectivity index (χ4v) is 3.62. The molecule has 1 aromatic carbocycles.